The number of anilines is 1. The van der Waals surface area contributed by atoms with Crippen LogP contribution in [0.5, 0.6) is 5.75 Å². The summed E-state index contributed by atoms with van der Waals surface area (Å²) >= 11 is 6.28. The number of piperazine rings is 1. The Morgan fingerprint density at radius 2 is 1.75 bits per heavy atom. The van der Waals surface area contributed by atoms with Crippen molar-refractivity contribution in [2.24, 2.45) is 5.92 Å². The van der Waals surface area contributed by atoms with E-state index in [0.717, 1.165) is 30.1 Å². The van der Waals surface area contributed by atoms with Crippen LogP contribution in [0.3, 0.4) is 0 Å². The second kappa shape index (κ2) is 11.5. The summed E-state index contributed by atoms with van der Waals surface area (Å²) in [6.07, 6.45) is 0. The Hall–Kier alpha value is -2.83. The molecule has 2 aromatic carbocycles. The van der Waals surface area contributed by atoms with Crippen molar-refractivity contribution in [3.8, 4) is 5.75 Å². The molecule has 4 rings (SSSR count). The van der Waals surface area contributed by atoms with Crippen molar-refractivity contribution in [3.05, 3.63) is 75.9 Å². The quantitative estimate of drug-likeness (QED) is 0.361. The van der Waals surface area contributed by atoms with Crippen LogP contribution >= 0.6 is 11.6 Å². The van der Waals surface area contributed by atoms with E-state index in [2.05, 4.69) is 56.9 Å². The van der Waals surface area contributed by atoms with Gasteiger partial charge in [0.15, 0.2) is 5.82 Å². The minimum Gasteiger partial charge on any atom is -0.493 e. The van der Waals surface area contributed by atoms with Gasteiger partial charge in [0.05, 0.1) is 19.7 Å². The van der Waals surface area contributed by atoms with Crippen molar-refractivity contribution in [1.82, 2.24) is 14.7 Å². The Balaban J connectivity index is 1.41. The Kier molecular flexibility index (Phi) is 8.37. The van der Waals surface area contributed by atoms with Crippen LogP contribution in [0.1, 0.15) is 56.0 Å². The van der Waals surface area contributed by atoms with E-state index in [9.17, 15) is 4.79 Å². The fraction of sp³-hybridized carbons (Fsp3) is 0.448. The number of hydrogen-bond donors (Lipinski definition) is 0. The molecule has 36 heavy (non-hydrogen) atoms. The molecule has 1 amide bonds. The zero-order valence-electron chi connectivity index (χ0n) is 22.0. The van der Waals surface area contributed by atoms with Gasteiger partial charge in [-0.25, -0.2) is 0 Å². The molecule has 0 unspecified atom stereocenters. The molecule has 1 aliphatic heterocycles. The number of aryl methyl sites for hydroxylation is 1. The highest BCUT2D eigenvalue weighted by Gasteiger charge is 2.27. The van der Waals surface area contributed by atoms with Gasteiger partial charge >= 0.3 is 0 Å². The number of ether oxygens (including phenoxy) is 1. The van der Waals surface area contributed by atoms with Gasteiger partial charge in [0.25, 0.3) is 0 Å². The van der Waals surface area contributed by atoms with Crippen molar-refractivity contribution < 1.29 is 9.53 Å². The Bertz CT molecular complexity index is 1190. The summed E-state index contributed by atoms with van der Waals surface area (Å²) in [7, 11) is 0. The van der Waals surface area contributed by atoms with E-state index in [1.54, 1.807) is 4.90 Å². The zero-order valence-corrected chi connectivity index (χ0v) is 22.8. The van der Waals surface area contributed by atoms with E-state index < -0.39 is 0 Å². The first-order valence-corrected chi connectivity index (χ1v) is 13.1. The predicted molar refractivity (Wildman–Crippen MR) is 146 cm³/mol. The molecule has 3 aromatic rings. The molecule has 7 heteroatoms. The van der Waals surface area contributed by atoms with Gasteiger partial charge in [0, 0.05) is 42.0 Å². The largest absolute Gasteiger partial charge is 0.493 e. The molecule has 0 aliphatic carbocycles. The third kappa shape index (κ3) is 6.48. The summed E-state index contributed by atoms with van der Waals surface area (Å²) in [6, 6.07) is 16.4. The maximum absolute atomic E-state index is 13.1. The topological polar surface area (TPSA) is 50.6 Å². The number of hydrogen-bond acceptors (Lipinski definition) is 4. The van der Waals surface area contributed by atoms with Crippen LogP contribution in [-0.2, 0) is 17.9 Å². The average molecular weight is 509 g/mol. The van der Waals surface area contributed by atoms with Crippen LogP contribution in [-0.4, -0.2) is 46.8 Å². The van der Waals surface area contributed by atoms with Crippen LogP contribution in [0.25, 0.3) is 0 Å². The van der Waals surface area contributed by atoms with Crippen LogP contribution in [0.15, 0.2) is 48.5 Å². The minimum absolute atomic E-state index is 0.0772. The molecular weight excluding hydrogens is 472 g/mol. The number of amides is 1. The van der Waals surface area contributed by atoms with E-state index in [1.165, 1.54) is 11.1 Å². The maximum Gasteiger partial charge on any atom is 0.242 e. The second-order valence-corrected chi connectivity index (χ2v) is 10.8. The van der Waals surface area contributed by atoms with Crippen LogP contribution in [0.2, 0.25) is 5.02 Å². The van der Waals surface area contributed by atoms with Gasteiger partial charge in [0.2, 0.25) is 5.91 Å². The van der Waals surface area contributed by atoms with Gasteiger partial charge in [-0.15, -0.1) is 0 Å². The van der Waals surface area contributed by atoms with Gasteiger partial charge < -0.3 is 4.74 Å². The normalized spacial score (nSPS) is 14.8. The summed E-state index contributed by atoms with van der Waals surface area (Å²) in [5.41, 5.74) is 4.53. The van der Waals surface area contributed by atoms with Crippen molar-refractivity contribution in [2.45, 2.75) is 53.6 Å². The highest BCUT2D eigenvalue weighted by Crippen LogP contribution is 2.26. The number of benzene rings is 2. The Morgan fingerprint density at radius 1 is 1.00 bits per heavy atom. The molecule has 1 fully saturated rings. The molecule has 1 aliphatic rings. The minimum atomic E-state index is 0.0772. The predicted octanol–water partition coefficient (Wildman–Crippen LogP) is 5.90. The average Bonchev–Trinajstić information content (AvgIpc) is 3.18. The van der Waals surface area contributed by atoms with Crippen molar-refractivity contribution in [2.75, 3.05) is 31.1 Å². The van der Waals surface area contributed by atoms with Crippen LogP contribution in [0, 0.1) is 12.8 Å². The van der Waals surface area contributed by atoms with Gasteiger partial charge in [-0.3, -0.25) is 19.3 Å². The SMILES string of the molecule is Cc1cc(N2CCN(Cc3ccc(C(C)C)cc3)CC2=O)nn1Cc1cc(Cl)ccc1OCC(C)C. The zero-order chi connectivity index (χ0) is 25.8. The molecule has 6 nitrogen and oxygen atoms in total. The molecule has 0 radical (unpaired) electrons. The monoisotopic (exact) mass is 508 g/mol. The summed E-state index contributed by atoms with van der Waals surface area (Å²) in [5.74, 6) is 2.54. The lowest BCUT2D eigenvalue weighted by molar-refractivity contribution is -0.121. The molecular formula is C29H37ClN4O2. The molecule has 0 N–H and O–H groups in total. The maximum atomic E-state index is 13.1. The third-order valence-electron chi connectivity index (χ3n) is 6.51. The van der Waals surface area contributed by atoms with Crippen LogP contribution < -0.4 is 9.64 Å². The number of nitrogens with zero attached hydrogens (tertiary/aromatic N) is 4. The highest BCUT2D eigenvalue weighted by molar-refractivity contribution is 6.30. The Morgan fingerprint density at radius 3 is 2.42 bits per heavy atom. The molecule has 1 saturated heterocycles. The van der Waals surface area contributed by atoms with E-state index in [0.29, 0.717) is 48.9 Å². The molecule has 0 saturated carbocycles. The second-order valence-electron chi connectivity index (χ2n) is 10.4. The van der Waals surface area contributed by atoms with Gasteiger partial charge in [-0.1, -0.05) is 63.6 Å². The van der Waals surface area contributed by atoms with Crippen LogP contribution in [0.4, 0.5) is 5.82 Å². The summed E-state index contributed by atoms with van der Waals surface area (Å²) in [4.78, 5) is 17.1. The summed E-state index contributed by atoms with van der Waals surface area (Å²) in [6.45, 7) is 14.4. The van der Waals surface area contributed by atoms with Gasteiger partial charge in [-0.05, 0) is 48.1 Å². The van der Waals surface area contributed by atoms with Crippen molar-refractivity contribution in [3.63, 3.8) is 0 Å². The molecule has 192 valence electrons. The van der Waals surface area contributed by atoms with E-state index >= 15 is 0 Å². The first kappa shape index (κ1) is 26.2. The summed E-state index contributed by atoms with van der Waals surface area (Å²) in [5, 5.41) is 5.45. The molecule has 1 aromatic heterocycles. The lowest BCUT2D eigenvalue weighted by Crippen LogP contribution is -2.50. The standard InChI is InChI=1S/C29H37ClN4O2/c1-20(2)19-36-27-11-10-26(30)15-25(27)17-34-22(5)14-28(31-34)33-13-12-32(18-29(33)35)16-23-6-8-24(9-7-23)21(3)4/h6-11,14-15,20-21H,12-13,16-19H2,1-5H3. The first-order chi connectivity index (χ1) is 17.2. The smallest absolute Gasteiger partial charge is 0.242 e. The third-order valence-corrected chi connectivity index (χ3v) is 6.75. The number of carbonyl (C=O) groups excluding carboxylic acids is 1. The molecule has 0 spiro atoms. The molecule has 0 bridgehead atoms. The fourth-order valence-electron chi connectivity index (χ4n) is 4.38. The highest BCUT2D eigenvalue weighted by atomic mass is 35.5. The van der Waals surface area contributed by atoms with E-state index in [4.69, 9.17) is 21.4 Å². The number of halogens is 1. The molecule has 0 atom stereocenters. The molecule has 2 heterocycles. The Labute approximate surface area is 219 Å². The summed E-state index contributed by atoms with van der Waals surface area (Å²) < 4.78 is 7.93. The van der Waals surface area contributed by atoms with Crippen molar-refractivity contribution in [1.29, 1.82) is 0 Å². The number of rotatable bonds is 9. The van der Waals surface area contributed by atoms with Gasteiger partial charge in [-0.2, -0.15) is 5.10 Å². The number of carbonyl (C=O) groups is 1. The fourth-order valence-corrected chi connectivity index (χ4v) is 4.57. The first-order valence-electron chi connectivity index (χ1n) is 12.8. The van der Waals surface area contributed by atoms with Crippen molar-refractivity contribution >= 4 is 23.3 Å². The lowest BCUT2D eigenvalue weighted by atomic mass is 10.0. The van der Waals surface area contributed by atoms with E-state index in [-0.39, 0.29) is 5.91 Å². The number of aromatic nitrogens is 2. The van der Waals surface area contributed by atoms with E-state index in [1.807, 2.05) is 35.9 Å². The van der Waals surface area contributed by atoms with Gasteiger partial charge in [0.1, 0.15) is 5.75 Å². The lowest BCUT2D eigenvalue weighted by Gasteiger charge is -2.33.